The molecule has 1 N–H and O–H groups in total. The molecule has 4 rings (SSSR count). The molecule has 1 saturated heterocycles. The van der Waals surface area contributed by atoms with Gasteiger partial charge in [-0.05, 0) is 55.9 Å². The first-order valence-corrected chi connectivity index (χ1v) is 10.9. The third-order valence-electron chi connectivity index (χ3n) is 6.48. The second kappa shape index (κ2) is 8.60. The van der Waals surface area contributed by atoms with Crippen LogP contribution in [0.15, 0.2) is 42.5 Å². The van der Waals surface area contributed by atoms with Gasteiger partial charge in [-0.3, -0.25) is 9.48 Å². The Kier molecular flexibility index (Phi) is 5.91. The van der Waals surface area contributed by atoms with Gasteiger partial charge in [0.05, 0.1) is 11.6 Å². The minimum Gasteiger partial charge on any atom is -0.396 e. The van der Waals surface area contributed by atoms with Crippen LogP contribution in [0.1, 0.15) is 56.3 Å². The molecule has 2 aromatic carbocycles. The zero-order chi connectivity index (χ0) is 21.3. The Labute approximate surface area is 178 Å². The number of aromatic nitrogens is 2. The van der Waals surface area contributed by atoms with Crippen molar-refractivity contribution in [2.45, 2.75) is 52.0 Å². The minimum atomic E-state index is 0.130. The molecule has 30 heavy (non-hydrogen) atoms. The van der Waals surface area contributed by atoms with Crippen LogP contribution in [-0.2, 0) is 4.79 Å². The van der Waals surface area contributed by atoms with Crippen LogP contribution in [0.5, 0.6) is 0 Å². The molecule has 1 aliphatic heterocycles. The Morgan fingerprint density at radius 2 is 1.93 bits per heavy atom. The fraction of sp³-hybridized carbons (Fsp3) is 0.440. The average Bonchev–Trinajstić information content (AvgIpc) is 3.13. The number of rotatable bonds is 5. The third-order valence-corrected chi connectivity index (χ3v) is 6.48. The monoisotopic (exact) mass is 405 g/mol. The predicted molar refractivity (Wildman–Crippen MR) is 121 cm³/mol. The summed E-state index contributed by atoms with van der Waals surface area (Å²) >= 11 is 0. The van der Waals surface area contributed by atoms with E-state index in [4.69, 9.17) is 5.10 Å². The van der Waals surface area contributed by atoms with Gasteiger partial charge < -0.3 is 10.0 Å². The molecule has 5 nitrogen and oxygen atoms in total. The van der Waals surface area contributed by atoms with E-state index in [0.717, 1.165) is 31.4 Å². The molecule has 5 heteroatoms. The number of benzene rings is 2. The van der Waals surface area contributed by atoms with Gasteiger partial charge in [0.1, 0.15) is 0 Å². The molecule has 1 aliphatic rings. The molecule has 1 amide bonds. The fourth-order valence-electron chi connectivity index (χ4n) is 4.71. The van der Waals surface area contributed by atoms with E-state index in [1.807, 2.05) is 4.90 Å². The number of fused-ring (bicyclic) bond motifs is 1. The molecule has 3 aromatic rings. The largest absolute Gasteiger partial charge is 0.396 e. The smallest absolute Gasteiger partial charge is 0.219 e. The van der Waals surface area contributed by atoms with Crippen LogP contribution in [0.2, 0.25) is 0 Å². The van der Waals surface area contributed by atoms with E-state index in [1.54, 1.807) is 6.92 Å². The molecular formula is C25H31N3O2. The standard InChI is InChI=1S/C25H31N3O2/c1-17-6-4-5-7-22(17)21-8-9-23-24(16-21)26-28(18(2)12-15-29)25(23)20-10-13-27(14-11-20)19(3)30/h4-9,16,18,20,29H,10-15H2,1-3H3. The maximum atomic E-state index is 11.7. The highest BCUT2D eigenvalue weighted by atomic mass is 16.3. The average molecular weight is 406 g/mol. The highest BCUT2D eigenvalue weighted by molar-refractivity contribution is 5.87. The molecule has 0 saturated carbocycles. The Balaban J connectivity index is 1.76. The molecule has 0 bridgehead atoms. The highest BCUT2D eigenvalue weighted by Crippen LogP contribution is 2.37. The van der Waals surface area contributed by atoms with Gasteiger partial charge in [-0.1, -0.05) is 36.4 Å². The van der Waals surface area contributed by atoms with Gasteiger partial charge in [-0.25, -0.2) is 0 Å². The van der Waals surface area contributed by atoms with Crippen LogP contribution in [0, 0.1) is 6.92 Å². The summed E-state index contributed by atoms with van der Waals surface area (Å²) in [5, 5.41) is 15.7. The second-order valence-electron chi connectivity index (χ2n) is 8.52. The Morgan fingerprint density at radius 1 is 1.20 bits per heavy atom. The van der Waals surface area contributed by atoms with Crippen LogP contribution in [-0.4, -0.2) is 45.4 Å². The van der Waals surface area contributed by atoms with Crippen molar-refractivity contribution in [3.8, 4) is 11.1 Å². The van der Waals surface area contributed by atoms with Crippen LogP contribution >= 0.6 is 0 Å². The third kappa shape index (κ3) is 3.86. The van der Waals surface area contributed by atoms with Gasteiger partial charge in [0.2, 0.25) is 5.91 Å². The quantitative estimate of drug-likeness (QED) is 0.670. The first-order chi connectivity index (χ1) is 14.5. The highest BCUT2D eigenvalue weighted by Gasteiger charge is 2.28. The summed E-state index contributed by atoms with van der Waals surface area (Å²) in [5.74, 6) is 0.527. The summed E-state index contributed by atoms with van der Waals surface area (Å²) < 4.78 is 2.14. The van der Waals surface area contributed by atoms with Gasteiger partial charge >= 0.3 is 0 Å². The second-order valence-corrected chi connectivity index (χ2v) is 8.52. The van der Waals surface area contributed by atoms with Crippen LogP contribution in [0.25, 0.3) is 22.0 Å². The van der Waals surface area contributed by atoms with Gasteiger partial charge in [0.15, 0.2) is 0 Å². The van der Waals surface area contributed by atoms with E-state index >= 15 is 0 Å². The Hall–Kier alpha value is -2.66. The maximum absolute atomic E-state index is 11.7. The number of hydrogen-bond acceptors (Lipinski definition) is 3. The summed E-state index contributed by atoms with van der Waals surface area (Å²) in [6, 6.07) is 15.1. The van der Waals surface area contributed by atoms with E-state index < -0.39 is 0 Å². The van der Waals surface area contributed by atoms with Crippen molar-refractivity contribution < 1.29 is 9.90 Å². The number of carbonyl (C=O) groups excluding carboxylic acids is 1. The zero-order valence-corrected chi connectivity index (χ0v) is 18.1. The van der Waals surface area contributed by atoms with Gasteiger partial charge in [-0.15, -0.1) is 0 Å². The summed E-state index contributed by atoms with van der Waals surface area (Å²) in [5.41, 5.74) is 5.92. The van der Waals surface area contributed by atoms with E-state index in [2.05, 4.69) is 61.0 Å². The summed E-state index contributed by atoms with van der Waals surface area (Å²) in [6.07, 6.45) is 2.58. The Bertz CT molecular complexity index is 1050. The number of aliphatic hydroxyl groups excluding tert-OH is 1. The van der Waals surface area contributed by atoms with Crippen molar-refractivity contribution in [1.82, 2.24) is 14.7 Å². The molecular weight excluding hydrogens is 374 g/mol. The lowest BCUT2D eigenvalue weighted by Crippen LogP contribution is -2.36. The molecule has 0 aliphatic carbocycles. The zero-order valence-electron chi connectivity index (χ0n) is 18.1. The van der Waals surface area contributed by atoms with E-state index in [1.165, 1.54) is 27.8 Å². The number of likely N-dealkylation sites (tertiary alicyclic amines) is 1. The SMILES string of the molecule is CC(=O)N1CCC(c2c3ccc(-c4ccccc4C)cc3nn2C(C)CCO)CC1. The topological polar surface area (TPSA) is 58.4 Å². The maximum Gasteiger partial charge on any atom is 0.219 e. The molecule has 0 spiro atoms. The molecule has 1 aromatic heterocycles. The lowest BCUT2D eigenvalue weighted by molar-refractivity contribution is -0.129. The van der Waals surface area contributed by atoms with Gasteiger partial charge in [0.25, 0.3) is 0 Å². The first kappa shape index (κ1) is 20.6. The Morgan fingerprint density at radius 3 is 2.60 bits per heavy atom. The van der Waals surface area contributed by atoms with Crippen molar-refractivity contribution in [1.29, 1.82) is 0 Å². The number of piperidine rings is 1. The number of carbonyl (C=O) groups is 1. The van der Waals surface area contributed by atoms with Crippen molar-refractivity contribution in [3.05, 3.63) is 53.7 Å². The van der Waals surface area contributed by atoms with E-state index in [0.29, 0.717) is 12.3 Å². The van der Waals surface area contributed by atoms with Crippen molar-refractivity contribution in [3.63, 3.8) is 0 Å². The summed E-state index contributed by atoms with van der Waals surface area (Å²) in [6.45, 7) is 7.64. The van der Waals surface area contributed by atoms with Gasteiger partial charge in [-0.2, -0.15) is 5.10 Å². The number of hydrogen-bond donors (Lipinski definition) is 1. The minimum absolute atomic E-state index is 0.130. The molecule has 0 radical (unpaired) electrons. The van der Waals surface area contributed by atoms with Crippen LogP contribution in [0.3, 0.4) is 0 Å². The van der Waals surface area contributed by atoms with E-state index in [-0.39, 0.29) is 18.6 Å². The van der Waals surface area contributed by atoms with Gasteiger partial charge in [0, 0.05) is 43.6 Å². The molecule has 2 heterocycles. The number of aliphatic hydroxyl groups is 1. The van der Waals surface area contributed by atoms with Crippen molar-refractivity contribution in [2.24, 2.45) is 0 Å². The molecule has 1 unspecified atom stereocenters. The van der Waals surface area contributed by atoms with Crippen LogP contribution in [0.4, 0.5) is 0 Å². The number of nitrogens with zero attached hydrogens (tertiary/aromatic N) is 3. The first-order valence-electron chi connectivity index (χ1n) is 10.9. The summed E-state index contributed by atoms with van der Waals surface area (Å²) in [4.78, 5) is 13.7. The molecule has 158 valence electrons. The van der Waals surface area contributed by atoms with Crippen molar-refractivity contribution in [2.75, 3.05) is 19.7 Å². The lowest BCUT2D eigenvalue weighted by Gasteiger charge is -2.32. The van der Waals surface area contributed by atoms with E-state index in [9.17, 15) is 9.90 Å². The van der Waals surface area contributed by atoms with Crippen LogP contribution < -0.4 is 0 Å². The molecule has 1 atom stereocenters. The lowest BCUT2D eigenvalue weighted by atomic mass is 9.90. The fourth-order valence-corrected chi connectivity index (χ4v) is 4.71. The summed E-state index contributed by atoms with van der Waals surface area (Å²) in [7, 11) is 0. The molecule has 1 fully saturated rings. The predicted octanol–water partition coefficient (Wildman–Crippen LogP) is 4.68. The van der Waals surface area contributed by atoms with Crippen molar-refractivity contribution >= 4 is 16.8 Å². The normalized spacial score (nSPS) is 16.2. The number of amides is 1. The number of aryl methyl sites for hydroxylation is 1.